The minimum Gasteiger partial charge on any atom is -0.453 e. The molecule has 1 aliphatic rings. The predicted octanol–water partition coefficient (Wildman–Crippen LogP) is 4.42. The number of fused-ring (bicyclic) bond motifs is 1. The van der Waals surface area contributed by atoms with Crippen molar-refractivity contribution in [3.63, 3.8) is 0 Å². The number of nitrogens with one attached hydrogen (secondary N) is 1. The Kier molecular flexibility index (Phi) is 5.20. The van der Waals surface area contributed by atoms with Gasteiger partial charge in [-0.3, -0.25) is 9.36 Å². The molecule has 0 unspecified atom stereocenters. The maximum absolute atomic E-state index is 12.2. The predicted molar refractivity (Wildman–Crippen MR) is 107 cm³/mol. The Morgan fingerprint density at radius 2 is 2.07 bits per heavy atom. The average Bonchev–Trinajstić information content (AvgIpc) is 3.38. The molecule has 1 fully saturated rings. The molecule has 0 radical (unpaired) electrons. The summed E-state index contributed by atoms with van der Waals surface area (Å²) in [7, 11) is 0. The van der Waals surface area contributed by atoms with Crippen molar-refractivity contribution in [3.05, 3.63) is 30.3 Å². The number of carbonyl (C=O) groups excluding carboxylic acids is 1. The maximum Gasteiger partial charge on any atom is 0.230 e. The fourth-order valence-corrected chi connectivity index (χ4v) is 4.45. The Balaban J connectivity index is 1.52. The van der Waals surface area contributed by atoms with Gasteiger partial charge in [0.1, 0.15) is 5.58 Å². The molecule has 0 spiro atoms. The first-order chi connectivity index (χ1) is 13.1. The Morgan fingerprint density at radius 3 is 2.81 bits per heavy atom. The summed E-state index contributed by atoms with van der Waals surface area (Å²) in [6.45, 7) is 4.16. The summed E-state index contributed by atoms with van der Waals surface area (Å²) in [5.74, 6) is 1.80. The number of hydrogen-bond donors (Lipinski definition) is 1. The summed E-state index contributed by atoms with van der Waals surface area (Å²) in [5.41, 5.74) is 0.830. The first-order valence-electron chi connectivity index (χ1n) is 9.48. The summed E-state index contributed by atoms with van der Waals surface area (Å²) >= 11 is 1.42. The topological polar surface area (TPSA) is 73.0 Å². The number of furan rings is 1. The number of para-hydroxylation sites is 1. The highest BCUT2D eigenvalue weighted by atomic mass is 32.2. The standard InChI is InChI=1S/C20H24N4O2S/c1-13(2)24-19(17-11-14-7-3-6-10-16(14)26-17)22-23-20(24)27-12-18(25)21-15-8-4-5-9-15/h3,6-7,10-11,13,15H,4-5,8-9,12H2,1-2H3,(H,21,25). The second-order valence-corrected chi connectivity index (χ2v) is 8.20. The highest BCUT2D eigenvalue weighted by molar-refractivity contribution is 7.99. The fourth-order valence-electron chi connectivity index (χ4n) is 3.57. The van der Waals surface area contributed by atoms with Crippen LogP contribution in [0.2, 0.25) is 0 Å². The van der Waals surface area contributed by atoms with Crippen molar-refractivity contribution in [2.45, 2.75) is 56.8 Å². The van der Waals surface area contributed by atoms with Gasteiger partial charge in [0.2, 0.25) is 11.7 Å². The van der Waals surface area contributed by atoms with Crippen molar-refractivity contribution in [1.82, 2.24) is 20.1 Å². The molecule has 3 aromatic rings. The van der Waals surface area contributed by atoms with Crippen LogP contribution in [-0.4, -0.2) is 32.5 Å². The van der Waals surface area contributed by atoms with Crippen molar-refractivity contribution < 1.29 is 9.21 Å². The summed E-state index contributed by atoms with van der Waals surface area (Å²) in [6.07, 6.45) is 4.60. The first kappa shape index (κ1) is 18.1. The fraction of sp³-hybridized carbons (Fsp3) is 0.450. The molecule has 0 saturated heterocycles. The minimum absolute atomic E-state index is 0.0653. The third kappa shape index (κ3) is 3.88. The molecule has 0 aliphatic heterocycles. The van der Waals surface area contributed by atoms with Crippen LogP contribution >= 0.6 is 11.8 Å². The van der Waals surface area contributed by atoms with E-state index in [-0.39, 0.29) is 11.9 Å². The molecule has 1 N–H and O–H groups in total. The normalized spacial score (nSPS) is 15.1. The lowest BCUT2D eigenvalue weighted by molar-refractivity contribution is -0.119. The molecule has 4 rings (SSSR count). The zero-order chi connectivity index (χ0) is 18.8. The van der Waals surface area contributed by atoms with Gasteiger partial charge in [0.15, 0.2) is 10.9 Å². The van der Waals surface area contributed by atoms with Crippen LogP contribution in [0.5, 0.6) is 0 Å². The average molecular weight is 385 g/mol. The number of benzene rings is 1. The highest BCUT2D eigenvalue weighted by Crippen LogP contribution is 2.31. The van der Waals surface area contributed by atoms with E-state index in [4.69, 9.17) is 4.42 Å². The Labute approximate surface area is 162 Å². The van der Waals surface area contributed by atoms with Gasteiger partial charge in [-0.2, -0.15) is 0 Å². The largest absolute Gasteiger partial charge is 0.453 e. The van der Waals surface area contributed by atoms with Gasteiger partial charge in [-0.25, -0.2) is 0 Å². The van der Waals surface area contributed by atoms with E-state index in [0.29, 0.717) is 23.4 Å². The maximum atomic E-state index is 12.2. The zero-order valence-corrected chi connectivity index (χ0v) is 16.5. The highest BCUT2D eigenvalue weighted by Gasteiger charge is 2.22. The third-order valence-electron chi connectivity index (χ3n) is 4.88. The minimum atomic E-state index is 0.0653. The lowest BCUT2D eigenvalue weighted by atomic mass is 10.2. The lowest BCUT2D eigenvalue weighted by Gasteiger charge is -2.14. The van der Waals surface area contributed by atoms with Crippen molar-refractivity contribution in [2.75, 3.05) is 5.75 Å². The quantitative estimate of drug-likeness (QED) is 0.637. The Morgan fingerprint density at radius 1 is 1.30 bits per heavy atom. The number of amides is 1. The molecular formula is C20H24N4O2S. The number of aromatic nitrogens is 3. The second-order valence-electron chi connectivity index (χ2n) is 7.26. The smallest absolute Gasteiger partial charge is 0.230 e. The van der Waals surface area contributed by atoms with Crippen LogP contribution in [0, 0.1) is 0 Å². The first-order valence-corrected chi connectivity index (χ1v) is 10.5. The SMILES string of the molecule is CC(C)n1c(SCC(=O)NC2CCCC2)nnc1-c1cc2ccccc2o1. The van der Waals surface area contributed by atoms with Crippen molar-refractivity contribution in [2.24, 2.45) is 0 Å². The van der Waals surface area contributed by atoms with Crippen LogP contribution < -0.4 is 5.32 Å². The van der Waals surface area contributed by atoms with E-state index in [2.05, 4.69) is 29.4 Å². The summed E-state index contributed by atoms with van der Waals surface area (Å²) in [6, 6.07) is 10.4. The molecule has 7 heteroatoms. The van der Waals surface area contributed by atoms with Crippen LogP contribution in [0.1, 0.15) is 45.6 Å². The van der Waals surface area contributed by atoms with Gasteiger partial charge >= 0.3 is 0 Å². The van der Waals surface area contributed by atoms with Gasteiger partial charge in [-0.1, -0.05) is 42.8 Å². The molecule has 1 aliphatic carbocycles. The van der Waals surface area contributed by atoms with Gasteiger partial charge in [0.05, 0.1) is 5.75 Å². The summed E-state index contributed by atoms with van der Waals surface area (Å²) in [4.78, 5) is 12.2. The molecule has 0 atom stereocenters. The van der Waals surface area contributed by atoms with Gasteiger partial charge in [-0.15, -0.1) is 10.2 Å². The van der Waals surface area contributed by atoms with Crippen molar-refractivity contribution >= 4 is 28.6 Å². The van der Waals surface area contributed by atoms with Gasteiger partial charge in [0.25, 0.3) is 0 Å². The van der Waals surface area contributed by atoms with E-state index in [1.807, 2.05) is 34.9 Å². The number of thioether (sulfide) groups is 1. The number of hydrogen-bond acceptors (Lipinski definition) is 5. The van der Waals surface area contributed by atoms with E-state index in [1.165, 1.54) is 24.6 Å². The zero-order valence-electron chi connectivity index (χ0n) is 15.6. The van der Waals surface area contributed by atoms with E-state index in [1.54, 1.807) is 0 Å². The number of nitrogens with zero attached hydrogens (tertiary/aromatic N) is 3. The van der Waals surface area contributed by atoms with Gasteiger partial charge in [-0.05, 0) is 38.8 Å². The Hall–Kier alpha value is -2.28. The number of carbonyl (C=O) groups is 1. The van der Waals surface area contributed by atoms with Gasteiger partial charge < -0.3 is 9.73 Å². The molecule has 27 heavy (non-hydrogen) atoms. The van der Waals surface area contributed by atoms with E-state index >= 15 is 0 Å². The molecule has 142 valence electrons. The van der Waals surface area contributed by atoms with Crippen LogP contribution in [-0.2, 0) is 4.79 Å². The van der Waals surface area contributed by atoms with E-state index in [0.717, 1.165) is 29.0 Å². The second kappa shape index (κ2) is 7.76. The molecular weight excluding hydrogens is 360 g/mol. The summed E-state index contributed by atoms with van der Waals surface area (Å²) in [5, 5.41) is 13.6. The molecule has 1 saturated carbocycles. The van der Waals surface area contributed by atoms with Crippen LogP contribution in [0.25, 0.3) is 22.6 Å². The molecule has 2 aromatic heterocycles. The van der Waals surface area contributed by atoms with Gasteiger partial charge in [0, 0.05) is 17.5 Å². The molecule has 0 bridgehead atoms. The number of rotatable bonds is 6. The van der Waals surface area contributed by atoms with Crippen molar-refractivity contribution in [1.29, 1.82) is 0 Å². The van der Waals surface area contributed by atoms with Crippen LogP contribution in [0.15, 0.2) is 39.9 Å². The van der Waals surface area contributed by atoms with Crippen molar-refractivity contribution in [3.8, 4) is 11.6 Å². The monoisotopic (exact) mass is 384 g/mol. The molecule has 6 nitrogen and oxygen atoms in total. The molecule has 2 heterocycles. The molecule has 1 amide bonds. The van der Waals surface area contributed by atoms with E-state index in [9.17, 15) is 4.79 Å². The third-order valence-corrected chi connectivity index (χ3v) is 5.82. The summed E-state index contributed by atoms with van der Waals surface area (Å²) < 4.78 is 7.99. The van der Waals surface area contributed by atoms with Crippen LogP contribution in [0.3, 0.4) is 0 Å². The Bertz CT molecular complexity index is 908. The van der Waals surface area contributed by atoms with Crippen LogP contribution in [0.4, 0.5) is 0 Å². The molecule has 1 aromatic carbocycles. The lowest BCUT2D eigenvalue weighted by Crippen LogP contribution is -2.33. The van der Waals surface area contributed by atoms with E-state index < -0.39 is 0 Å².